The minimum absolute atomic E-state index is 0.0573. The number of nitrogens with two attached hydrogens (primary N) is 1. The Labute approximate surface area is 173 Å². The van der Waals surface area contributed by atoms with Gasteiger partial charge >= 0.3 is 0 Å². The summed E-state index contributed by atoms with van der Waals surface area (Å²) < 4.78 is 32.2. The van der Waals surface area contributed by atoms with Crippen molar-refractivity contribution in [2.75, 3.05) is 36.9 Å². The van der Waals surface area contributed by atoms with Gasteiger partial charge in [0.05, 0.1) is 6.61 Å². The fourth-order valence-corrected chi connectivity index (χ4v) is 4.34. The van der Waals surface area contributed by atoms with Crippen molar-refractivity contribution in [3.05, 3.63) is 34.9 Å². The highest BCUT2D eigenvalue weighted by molar-refractivity contribution is 6.30. The van der Waals surface area contributed by atoms with Crippen molar-refractivity contribution < 1.29 is 13.5 Å². The van der Waals surface area contributed by atoms with E-state index in [1.807, 2.05) is 24.3 Å². The number of benzene rings is 1. The summed E-state index contributed by atoms with van der Waals surface area (Å²) in [7, 11) is 0. The first kappa shape index (κ1) is 20.3. The number of halogens is 3. The van der Waals surface area contributed by atoms with Gasteiger partial charge < -0.3 is 15.4 Å². The molecule has 2 saturated heterocycles. The first-order valence-corrected chi connectivity index (χ1v) is 10.2. The van der Waals surface area contributed by atoms with E-state index in [2.05, 4.69) is 25.0 Å². The summed E-state index contributed by atoms with van der Waals surface area (Å²) >= 11 is 5.98. The highest BCUT2D eigenvalue weighted by atomic mass is 35.5. The van der Waals surface area contributed by atoms with Crippen LogP contribution in [0.5, 0.6) is 0 Å². The van der Waals surface area contributed by atoms with Crippen LogP contribution in [-0.2, 0) is 11.2 Å². The Hall–Kier alpha value is -1.97. The Morgan fingerprint density at radius 1 is 1.24 bits per heavy atom. The summed E-state index contributed by atoms with van der Waals surface area (Å²) in [5.74, 6) is 0.879. The van der Waals surface area contributed by atoms with E-state index in [0.29, 0.717) is 17.6 Å². The average molecular weight is 427 g/mol. The second kappa shape index (κ2) is 8.81. The number of rotatable bonds is 5. The zero-order valence-electron chi connectivity index (χ0n) is 16.0. The van der Waals surface area contributed by atoms with E-state index in [0.717, 1.165) is 37.9 Å². The third-order valence-corrected chi connectivity index (χ3v) is 5.99. The first-order valence-electron chi connectivity index (χ1n) is 9.82. The molecule has 0 aliphatic carbocycles. The fourth-order valence-electron chi connectivity index (χ4n) is 4.21. The van der Waals surface area contributed by atoms with Gasteiger partial charge in [-0.05, 0) is 37.0 Å². The molecule has 7 nitrogen and oxygen atoms in total. The van der Waals surface area contributed by atoms with Crippen LogP contribution < -0.4 is 10.6 Å². The van der Waals surface area contributed by atoms with Crippen molar-refractivity contribution in [3.8, 4) is 0 Å². The van der Waals surface area contributed by atoms with Gasteiger partial charge in [0.1, 0.15) is 6.10 Å². The molecule has 4 rings (SSSR count). The number of hydrogen-bond donors (Lipinski definition) is 2. The second-order valence-electron chi connectivity index (χ2n) is 7.63. The van der Waals surface area contributed by atoms with Crippen LogP contribution in [-0.4, -0.2) is 70.9 Å². The van der Waals surface area contributed by atoms with Gasteiger partial charge in [-0.15, -0.1) is 5.10 Å². The molecular weight excluding hydrogens is 402 g/mol. The molecule has 2 aliphatic rings. The summed E-state index contributed by atoms with van der Waals surface area (Å²) in [5.41, 5.74) is 6.74. The van der Waals surface area contributed by atoms with Gasteiger partial charge in [-0.2, -0.15) is 4.98 Å². The lowest BCUT2D eigenvalue weighted by Crippen LogP contribution is -2.58. The Balaban J connectivity index is 1.44. The molecule has 2 aromatic rings. The Morgan fingerprint density at radius 2 is 1.97 bits per heavy atom. The molecule has 0 saturated carbocycles. The van der Waals surface area contributed by atoms with E-state index in [-0.39, 0.29) is 24.6 Å². The lowest BCUT2D eigenvalue weighted by Gasteiger charge is -2.46. The van der Waals surface area contributed by atoms with Crippen molar-refractivity contribution in [1.29, 1.82) is 0 Å². The number of aromatic amines is 1. The van der Waals surface area contributed by atoms with Crippen LogP contribution in [0.4, 0.5) is 20.7 Å². The average Bonchev–Trinajstić information content (AvgIpc) is 3.16. The van der Waals surface area contributed by atoms with E-state index in [9.17, 15) is 8.78 Å². The van der Waals surface area contributed by atoms with Gasteiger partial charge in [0.15, 0.2) is 0 Å². The maximum Gasteiger partial charge on any atom is 0.265 e. The molecule has 10 heteroatoms. The Morgan fingerprint density at radius 3 is 2.59 bits per heavy atom. The van der Waals surface area contributed by atoms with Gasteiger partial charge in [0, 0.05) is 36.7 Å². The van der Waals surface area contributed by atoms with Crippen LogP contribution in [0, 0.1) is 0 Å². The quantitative estimate of drug-likeness (QED) is 0.764. The third kappa shape index (κ3) is 4.79. The lowest BCUT2D eigenvalue weighted by molar-refractivity contribution is -0.134. The van der Waals surface area contributed by atoms with Crippen molar-refractivity contribution >= 4 is 23.5 Å². The molecule has 0 bridgehead atoms. The Bertz CT molecular complexity index is 796. The molecule has 2 atom stereocenters. The number of piperidine rings is 1. The number of H-pyrrole nitrogens is 1. The van der Waals surface area contributed by atoms with Gasteiger partial charge in [-0.1, -0.05) is 23.7 Å². The number of hydrogen-bond acceptors (Lipinski definition) is 6. The van der Waals surface area contributed by atoms with E-state index in [1.165, 1.54) is 0 Å². The van der Waals surface area contributed by atoms with Crippen LogP contribution in [0.15, 0.2) is 24.3 Å². The molecule has 0 amide bonds. The molecule has 1 aromatic heterocycles. The molecule has 0 radical (unpaired) electrons. The lowest BCUT2D eigenvalue weighted by atomic mass is 9.96. The van der Waals surface area contributed by atoms with Gasteiger partial charge in [0.25, 0.3) is 6.43 Å². The molecule has 0 unspecified atom stereocenters. The summed E-state index contributed by atoms with van der Waals surface area (Å²) in [6.45, 7) is 2.06. The Kier molecular flexibility index (Phi) is 6.17. The monoisotopic (exact) mass is 426 g/mol. The van der Waals surface area contributed by atoms with E-state index in [1.54, 1.807) is 0 Å². The molecule has 0 spiro atoms. The summed E-state index contributed by atoms with van der Waals surface area (Å²) in [6, 6.07) is 7.94. The van der Waals surface area contributed by atoms with Crippen LogP contribution >= 0.6 is 11.6 Å². The molecule has 2 aliphatic heterocycles. The van der Waals surface area contributed by atoms with E-state index >= 15 is 0 Å². The molecule has 1 aromatic carbocycles. The zero-order valence-corrected chi connectivity index (χ0v) is 16.7. The highest BCUT2D eigenvalue weighted by Gasteiger charge is 2.38. The number of nitrogens with zero attached hydrogens (tertiary/aromatic N) is 4. The minimum Gasteiger partial charge on any atom is -0.369 e. The minimum atomic E-state index is -2.48. The van der Waals surface area contributed by atoms with Crippen molar-refractivity contribution in [3.63, 3.8) is 0 Å². The van der Waals surface area contributed by atoms with Crippen LogP contribution in [0.25, 0.3) is 0 Å². The normalized spacial score (nSPS) is 24.3. The van der Waals surface area contributed by atoms with E-state index in [4.69, 9.17) is 22.1 Å². The molecule has 3 N–H and O–H groups in total. The van der Waals surface area contributed by atoms with Crippen LogP contribution in [0.2, 0.25) is 5.02 Å². The summed E-state index contributed by atoms with van der Waals surface area (Å²) in [5, 5.41) is 7.45. The SMILES string of the molecule is Nc1nc(N2CCC(N3C[C@H](C(F)F)OC[C@@H]3Cc3ccc(Cl)cc3)CC2)n[nH]1. The number of alkyl halides is 2. The fraction of sp³-hybridized carbons (Fsp3) is 0.579. The second-order valence-corrected chi connectivity index (χ2v) is 8.06. The molecule has 2 fully saturated rings. The number of nitrogen functional groups attached to an aromatic ring is 1. The molecule has 3 heterocycles. The summed E-state index contributed by atoms with van der Waals surface area (Å²) in [6.07, 6.45) is -1.08. The number of morpholine rings is 1. The van der Waals surface area contributed by atoms with Gasteiger partial charge in [-0.25, -0.2) is 13.9 Å². The van der Waals surface area contributed by atoms with Crippen LogP contribution in [0.1, 0.15) is 18.4 Å². The standard InChI is InChI=1S/C19H25ClF2N6O/c20-13-3-1-12(2-4-13)9-15-11-29-16(17(21)22)10-28(15)14-5-7-27(8-6-14)19-24-18(23)25-26-19/h1-4,14-17H,5-11H2,(H3,23,24,25,26)/t15-,16+/m0/s1. The zero-order chi connectivity index (χ0) is 20.4. The maximum absolute atomic E-state index is 13.3. The smallest absolute Gasteiger partial charge is 0.265 e. The topological polar surface area (TPSA) is 83.3 Å². The molecule has 29 heavy (non-hydrogen) atoms. The predicted molar refractivity (Wildman–Crippen MR) is 107 cm³/mol. The predicted octanol–water partition coefficient (Wildman–Crippen LogP) is 2.59. The number of ether oxygens (including phenoxy) is 1. The van der Waals surface area contributed by atoms with E-state index < -0.39 is 12.5 Å². The first-order chi connectivity index (χ1) is 14.0. The number of aromatic nitrogens is 3. The molecule has 158 valence electrons. The molecular formula is C19H25ClF2N6O. The van der Waals surface area contributed by atoms with Gasteiger partial charge in [-0.3, -0.25) is 4.90 Å². The van der Waals surface area contributed by atoms with Crippen molar-refractivity contribution in [2.24, 2.45) is 0 Å². The number of anilines is 2. The van der Waals surface area contributed by atoms with Crippen molar-refractivity contribution in [1.82, 2.24) is 20.1 Å². The van der Waals surface area contributed by atoms with Crippen LogP contribution in [0.3, 0.4) is 0 Å². The summed E-state index contributed by atoms with van der Waals surface area (Å²) in [4.78, 5) is 8.47. The highest BCUT2D eigenvalue weighted by Crippen LogP contribution is 2.28. The third-order valence-electron chi connectivity index (χ3n) is 5.74. The maximum atomic E-state index is 13.3. The van der Waals surface area contributed by atoms with Gasteiger partial charge in [0.2, 0.25) is 11.9 Å². The van der Waals surface area contributed by atoms with Crippen molar-refractivity contribution in [2.45, 2.75) is 43.9 Å². The number of nitrogens with one attached hydrogen (secondary N) is 1. The largest absolute Gasteiger partial charge is 0.369 e.